The van der Waals surface area contributed by atoms with E-state index >= 15 is 0 Å². The van der Waals surface area contributed by atoms with Crippen LogP contribution in [-0.2, 0) is 6.61 Å². The first-order valence-electron chi connectivity index (χ1n) is 8.33. The smallest absolute Gasteiger partial charge is 0.251 e. The third kappa shape index (κ3) is 4.07. The molecule has 126 valence electrons. The molecule has 1 fully saturated rings. The maximum atomic E-state index is 12.3. The fourth-order valence-electron chi connectivity index (χ4n) is 2.67. The van der Waals surface area contributed by atoms with Crippen molar-refractivity contribution in [2.24, 2.45) is 5.92 Å². The van der Waals surface area contributed by atoms with E-state index in [0.717, 1.165) is 5.56 Å². The number of benzene rings is 2. The Kier molecular flexibility index (Phi) is 5.04. The Morgan fingerprint density at radius 3 is 2.58 bits per heavy atom. The monoisotopic (exact) mass is 325 g/mol. The second-order valence-corrected chi connectivity index (χ2v) is 6.24. The molecule has 1 saturated carbocycles. The van der Waals surface area contributed by atoms with Gasteiger partial charge in [0.15, 0.2) is 11.5 Å². The van der Waals surface area contributed by atoms with Crippen molar-refractivity contribution in [1.29, 1.82) is 0 Å². The minimum atomic E-state index is -0.0673. The van der Waals surface area contributed by atoms with Gasteiger partial charge >= 0.3 is 0 Å². The van der Waals surface area contributed by atoms with E-state index in [1.54, 1.807) is 25.3 Å². The molecule has 0 saturated heterocycles. The van der Waals surface area contributed by atoms with Gasteiger partial charge in [0, 0.05) is 11.6 Å². The van der Waals surface area contributed by atoms with Gasteiger partial charge in [0.1, 0.15) is 6.61 Å². The van der Waals surface area contributed by atoms with E-state index < -0.39 is 0 Å². The SMILES string of the molecule is COc1cc(C(=O)N[C@@H](C)C2CC2)ccc1OCc1ccccc1. The van der Waals surface area contributed by atoms with Crippen LogP contribution < -0.4 is 14.8 Å². The predicted octanol–water partition coefficient (Wildman–Crippen LogP) is 3.80. The molecule has 0 spiro atoms. The van der Waals surface area contributed by atoms with E-state index in [0.29, 0.717) is 29.6 Å². The number of nitrogens with one attached hydrogen (secondary N) is 1. The number of amides is 1. The molecule has 0 bridgehead atoms. The lowest BCUT2D eigenvalue weighted by atomic mass is 10.1. The van der Waals surface area contributed by atoms with Crippen LogP contribution in [0.4, 0.5) is 0 Å². The molecule has 0 aromatic heterocycles. The van der Waals surface area contributed by atoms with Crippen molar-refractivity contribution < 1.29 is 14.3 Å². The highest BCUT2D eigenvalue weighted by Crippen LogP contribution is 2.33. The van der Waals surface area contributed by atoms with Crippen molar-refractivity contribution in [2.45, 2.75) is 32.4 Å². The summed E-state index contributed by atoms with van der Waals surface area (Å²) in [5.74, 6) is 1.76. The molecule has 3 rings (SSSR count). The Bertz CT molecular complexity index is 695. The molecular weight excluding hydrogens is 302 g/mol. The van der Waals surface area contributed by atoms with Crippen molar-refractivity contribution in [3.63, 3.8) is 0 Å². The highest BCUT2D eigenvalue weighted by molar-refractivity contribution is 5.95. The first-order valence-corrected chi connectivity index (χ1v) is 8.33. The van der Waals surface area contributed by atoms with Gasteiger partial charge in [-0.1, -0.05) is 30.3 Å². The average Bonchev–Trinajstić information content (AvgIpc) is 3.45. The summed E-state index contributed by atoms with van der Waals surface area (Å²) in [6, 6.07) is 15.5. The number of ether oxygens (including phenoxy) is 2. The van der Waals surface area contributed by atoms with Crippen LogP contribution >= 0.6 is 0 Å². The van der Waals surface area contributed by atoms with Crippen molar-refractivity contribution in [3.05, 3.63) is 59.7 Å². The normalized spacial score (nSPS) is 14.8. The number of methoxy groups -OCH3 is 1. The zero-order valence-corrected chi connectivity index (χ0v) is 14.1. The molecule has 1 aliphatic rings. The Morgan fingerprint density at radius 2 is 1.92 bits per heavy atom. The van der Waals surface area contributed by atoms with Gasteiger partial charge in [0.2, 0.25) is 0 Å². The molecule has 1 aliphatic carbocycles. The van der Waals surface area contributed by atoms with Crippen molar-refractivity contribution in [3.8, 4) is 11.5 Å². The van der Waals surface area contributed by atoms with Crippen LogP contribution in [0.25, 0.3) is 0 Å². The van der Waals surface area contributed by atoms with Crippen molar-refractivity contribution >= 4 is 5.91 Å². The summed E-state index contributed by atoms with van der Waals surface area (Å²) < 4.78 is 11.2. The van der Waals surface area contributed by atoms with Crippen LogP contribution in [0.5, 0.6) is 11.5 Å². The quantitative estimate of drug-likeness (QED) is 0.842. The summed E-state index contributed by atoms with van der Waals surface area (Å²) in [6.07, 6.45) is 2.41. The van der Waals surface area contributed by atoms with Gasteiger partial charge in [-0.2, -0.15) is 0 Å². The lowest BCUT2D eigenvalue weighted by molar-refractivity contribution is 0.0935. The average molecular weight is 325 g/mol. The third-order valence-corrected chi connectivity index (χ3v) is 4.35. The number of carbonyl (C=O) groups is 1. The van der Waals surface area contributed by atoms with Gasteiger partial charge < -0.3 is 14.8 Å². The summed E-state index contributed by atoms with van der Waals surface area (Å²) >= 11 is 0. The van der Waals surface area contributed by atoms with Crippen LogP contribution in [0.2, 0.25) is 0 Å². The summed E-state index contributed by atoms with van der Waals surface area (Å²) in [7, 11) is 1.58. The fourth-order valence-corrected chi connectivity index (χ4v) is 2.67. The van der Waals surface area contributed by atoms with E-state index in [2.05, 4.69) is 12.2 Å². The third-order valence-electron chi connectivity index (χ3n) is 4.35. The molecule has 0 aliphatic heterocycles. The molecule has 24 heavy (non-hydrogen) atoms. The van der Waals surface area contributed by atoms with E-state index in [1.165, 1.54) is 12.8 Å². The zero-order chi connectivity index (χ0) is 16.9. The molecular formula is C20H23NO3. The van der Waals surface area contributed by atoms with Gasteiger partial charge in [-0.05, 0) is 49.4 Å². The molecule has 1 atom stereocenters. The molecule has 2 aromatic carbocycles. The minimum Gasteiger partial charge on any atom is -0.493 e. The standard InChI is InChI=1S/C20H23NO3/c1-14(16-8-9-16)21-20(22)17-10-11-18(19(12-17)23-2)24-13-15-6-4-3-5-7-15/h3-7,10-12,14,16H,8-9,13H2,1-2H3,(H,21,22)/t14-/m0/s1. The molecule has 2 aromatic rings. The summed E-state index contributed by atoms with van der Waals surface area (Å²) in [4.78, 5) is 12.3. The van der Waals surface area contributed by atoms with E-state index in [1.807, 2.05) is 30.3 Å². The Labute approximate surface area is 142 Å². The topological polar surface area (TPSA) is 47.6 Å². The summed E-state index contributed by atoms with van der Waals surface area (Å²) in [5.41, 5.74) is 1.67. The largest absolute Gasteiger partial charge is 0.493 e. The van der Waals surface area contributed by atoms with Crippen LogP contribution in [0.15, 0.2) is 48.5 Å². The second kappa shape index (κ2) is 7.39. The van der Waals surface area contributed by atoms with Crippen LogP contribution in [0.1, 0.15) is 35.7 Å². The van der Waals surface area contributed by atoms with E-state index in [4.69, 9.17) is 9.47 Å². The molecule has 0 unspecified atom stereocenters. The lowest BCUT2D eigenvalue weighted by Gasteiger charge is -2.15. The van der Waals surface area contributed by atoms with Crippen molar-refractivity contribution in [2.75, 3.05) is 7.11 Å². The molecule has 4 heteroatoms. The predicted molar refractivity (Wildman–Crippen MR) is 93.4 cm³/mol. The van der Waals surface area contributed by atoms with Gasteiger partial charge in [-0.25, -0.2) is 0 Å². The van der Waals surface area contributed by atoms with Crippen LogP contribution in [-0.4, -0.2) is 19.1 Å². The van der Waals surface area contributed by atoms with Gasteiger partial charge in [-0.3, -0.25) is 4.79 Å². The number of carbonyl (C=O) groups excluding carboxylic acids is 1. The zero-order valence-electron chi connectivity index (χ0n) is 14.1. The number of hydrogen-bond acceptors (Lipinski definition) is 3. The van der Waals surface area contributed by atoms with E-state index in [9.17, 15) is 4.79 Å². The second-order valence-electron chi connectivity index (χ2n) is 6.24. The summed E-state index contributed by atoms with van der Waals surface area (Å²) in [6.45, 7) is 2.52. The first kappa shape index (κ1) is 16.4. The highest BCUT2D eigenvalue weighted by atomic mass is 16.5. The molecule has 0 heterocycles. The number of hydrogen-bond donors (Lipinski definition) is 1. The highest BCUT2D eigenvalue weighted by Gasteiger charge is 2.29. The molecule has 1 amide bonds. The molecule has 1 N–H and O–H groups in total. The Balaban J connectivity index is 1.66. The van der Waals surface area contributed by atoms with Crippen molar-refractivity contribution in [1.82, 2.24) is 5.32 Å². The molecule has 0 radical (unpaired) electrons. The maximum absolute atomic E-state index is 12.3. The minimum absolute atomic E-state index is 0.0673. The Hall–Kier alpha value is -2.49. The van der Waals surface area contributed by atoms with Crippen LogP contribution in [0, 0.1) is 5.92 Å². The first-order chi connectivity index (χ1) is 11.7. The summed E-state index contributed by atoms with van der Waals surface area (Å²) in [5, 5.41) is 3.05. The lowest BCUT2D eigenvalue weighted by Crippen LogP contribution is -2.33. The Morgan fingerprint density at radius 1 is 1.17 bits per heavy atom. The van der Waals surface area contributed by atoms with Gasteiger partial charge in [0.25, 0.3) is 5.91 Å². The molecule has 4 nitrogen and oxygen atoms in total. The van der Waals surface area contributed by atoms with Gasteiger partial charge in [-0.15, -0.1) is 0 Å². The van der Waals surface area contributed by atoms with Gasteiger partial charge in [0.05, 0.1) is 7.11 Å². The fraction of sp³-hybridized carbons (Fsp3) is 0.350. The van der Waals surface area contributed by atoms with E-state index in [-0.39, 0.29) is 11.9 Å². The number of rotatable bonds is 7. The maximum Gasteiger partial charge on any atom is 0.251 e. The van der Waals surface area contributed by atoms with Crippen LogP contribution in [0.3, 0.4) is 0 Å².